The van der Waals surface area contributed by atoms with E-state index in [1.54, 1.807) is 25.2 Å². The van der Waals surface area contributed by atoms with Crippen LogP contribution in [-0.4, -0.2) is 74.1 Å². The molecule has 1 aliphatic rings. The first-order valence-electron chi connectivity index (χ1n) is 11.7. The first-order chi connectivity index (χ1) is 18.1. The lowest BCUT2D eigenvalue weighted by Crippen LogP contribution is -2.45. The molecule has 0 atom stereocenters. The Bertz CT molecular complexity index is 1520. The number of rotatable bonds is 9. The molecule has 1 aromatic heterocycles. The number of likely N-dealkylation sites (tertiary alicyclic amines) is 1. The molecule has 10 nitrogen and oxygen atoms in total. The lowest BCUT2D eigenvalue weighted by atomic mass is 10.1. The summed E-state index contributed by atoms with van der Waals surface area (Å²) in [5.41, 5.74) is 0.868. The number of sulfonamides is 1. The number of halogens is 2. The highest BCUT2D eigenvalue weighted by molar-refractivity contribution is 7.89. The minimum atomic E-state index is -3.74. The molecular weight excluding hydrogens is 550 g/mol. The lowest BCUT2D eigenvalue weighted by Gasteiger charge is -2.35. The molecule has 2 aromatic carbocycles. The minimum absolute atomic E-state index is 0. The number of piperidine rings is 1. The molecular formula is C25H30F2N6O4S2. The highest BCUT2D eigenvalue weighted by atomic mass is 32.2. The second-order valence-corrected chi connectivity index (χ2v) is 11.5. The Labute approximate surface area is 228 Å². The number of hydrogen-bond acceptors (Lipinski definition) is 9. The molecule has 2 N–H and O–H groups in total. The molecule has 4 rings (SSSR count). The standard InChI is InChI=1S/C24H26F2N6O4S2.CH4/c1-31(19-9-12-32(13-10-19)14-15-37(33)34)38(35,36)20-5-2-17(3-6-20)29-24-27-11-8-23(30-24)28-18-4-7-21(25)22(26)16-18;/h2-8,11,15-16,19H,9-10,12-14H2,1H3,(H2,27,28,29,30);1H4. The average Bonchev–Trinajstić information content (AvgIpc) is 2.90. The fourth-order valence-electron chi connectivity index (χ4n) is 4.04. The highest BCUT2D eigenvalue weighted by Gasteiger charge is 2.30. The second-order valence-electron chi connectivity index (χ2n) is 8.65. The van der Waals surface area contributed by atoms with Gasteiger partial charge < -0.3 is 10.6 Å². The largest absolute Gasteiger partial charge is 0.340 e. The van der Waals surface area contributed by atoms with E-state index >= 15 is 0 Å². The Kier molecular flexibility index (Phi) is 10.1. The van der Waals surface area contributed by atoms with Crippen molar-refractivity contribution in [1.29, 1.82) is 0 Å². The zero-order valence-corrected chi connectivity index (χ0v) is 22.0. The van der Waals surface area contributed by atoms with Gasteiger partial charge in [0.15, 0.2) is 11.6 Å². The molecule has 14 heteroatoms. The Balaban J connectivity index is 0.00000420. The van der Waals surface area contributed by atoms with E-state index in [1.165, 1.54) is 34.1 Å². The van der Waals surface area contributed by atoms with Crippen molar-refractivity contribution in [3.8, 4) is 0 Å². The van der Waals surface area contributed by atoms with Gasteiger partial charge in [0.05, 0.1) is 4.90 Å². The molecule has 0 saturated carbocycles. The van der Waals surface area contributed by atoms with Crippen LogP contribution in [0.5, 0.6) is 0 Å². The van der Waals surface area contributed by atoms with Crippen LogP contribution in [0.3, 0.4) is 0 Å². The predicted molar refractivity (Wildman–Crippen MR) is 148 cm³/mol. The summed E-state index contributed by atoms with van der Waals surface area (Å²) in [5.74, 6) is -1.37. The van der Waals surface area contributed by atoms with E-state index < -0.39 is 32.0 Å². The third-order valence-corrected chi connectivity index (χ3v) is 8.52. The first-order valence-corrected chi connectivity index (χ1v) is 14.2. The van der Waals surface area contributed by atoms with Gasteiger partial charge in [0, 0.05) is 61.7 Å². The number of nitrogens with one attached hydrogen (secondary N) is 2. The first kappa shape index (κ1) is 30.1. The van der Waals surface area contributed by atoms with E-state index in [0.717, 1.165) is 12.1 Å². The van der Waals surface area contributed by atoms with Crippen molar-refractivity contribution < 1.29 is 25.6 Å². The van der Waals surface area contributed by atoms with Crippen LogP contribution in [0.25, 0.3) is 0 Å². The normalized spacial score (nSPS) is 14.5. The van der Waals surface area contributed by atoms with Crippen LogP contribution in [0.2, 0.25) is 0 Å². The van der Waals surface area contributed by atoms with Crippen LogP contribution in [0.15, 0.2) is 59.6 Å². The van der Waals surface area contributed by atoms with Gasteiger partial charge in [-0.25, -0.2) is 22.2 Å². The maximum atomic E-state index is 13.5. The fraction of sp³-hybridized carbons (Fsp3) is 0.320. The van der Waals surface area contributed by atoms with Gasteiger partial charge in [0.1, 0.15) is 5.82 Å². The van der Waals surface area contributed by atoms with Gasteiger partial charge in [0.25, 0.3) is 0 Å². The van der Waals surface area contributed by atoms with Gasteiger partial charge in [-0.15, -0.1) is 0 Å². The van der Waals surface area contributed by atoms with Crippen LogP contribution in [0, 0.1) is 11.6 Å². The summed E-state index contributed by atoms with van der Waals surface area (Å²) in [6.07, 6.45) is 2.68. The quantitative estimate of drug-likeness (QED) is 0.365. The van der Waals surface area contributed by atoms with Gasteiger partial charge in [-0.1, -0.05) is 7.43 Å². The topological polar surface area (TPSA) is 125 Å². The predicted octanol–water partition coefficient (Wildman–Crippen LogP) is 3.64. The summed E-state index contributed by atoms with van der Waals surface area (Å²) in [7, 11) is -4.40. The minimum Gasteiger partial charge on any atom is -0.340 e. The number of benzene rings is 2. The Hall–Kier alpha value is -3.46. The van der Waals surface area contributed by atoms with Crippen molar-refractivity contribution in [1.82, 2.24) is 19.2 Å². The summed E-state index contributed by atoms with van der Waals surface area (Å²) in [4.78, 5) is 10.5. The van der Waals surface area contributed by atoms with Crippen molar-refractivity contribution in [2.75, 3.05) is 37.3 Å². The van der Waals surface area contributed by atoms with Crippen LogP contribution in [0.1, 0.15) is 20.3 Å². The average molecular weight is 581 g/mol. The van der Waals surface area contributed by atoms with Crippen molar-refractivity contribution in [3.05, 3.63) is 66.4 Å². The summed E-state index contributed by atoms with van der Waals surface area (Å²) >= 11 is 0. The molecule has 0 radical (unpaired) electrons. The molecule has 0 amide bonds. The summed E-state index contributed by atoms with van der Waals surface area (Å²) in [6, 6.07) is 11.0. The van der Waals surface area contributed by atoms with E-state index in [9.17, 15) is 25.6 Å². The fourth-order valence-corrected chi connectivity index (χ4v) is 5.79. The van der Waals surface area contributed by atoms with Gasteiger partial charge in [0.2, 0.25) is 26.3 Å². The van der Waals surface area contributed by atoms with Crippen molar-refractivity contribution in [2.24, 2.45) is 0 Å². The SMILES string of the molecule is C.CN(C1CCN(CC=S(=O)=O)CC1)S(=O)(=O)c1ccc(Nc2nccc(Nc3ccc(F)c(F)c3)n2)cc1. The maximum Gasteiger partial charge on any atom is 0.243 e. The monoisotopic (exact) mass is 580 g/mol. The highest BCUT2D eigenvalue weighted by Crippen LogP contribution is 2.25. The van der Waals surface area contributed by atoms with E-state index in [1.807, 2.05) is 4.90 Å². The third kappa shape index (κ3) is 7.79. The molecule has 2 heterocycles. The van der Waals surface area contributed by atoms with Crippen LogP contribution in [0.4, 0.5) is 31.9 Å². The molecule has 1 saturated heterocycles. The van der Waals surface area contributed by atoms with Crippen molar-refractivity contribution in [3.63, 3.8) is 0 Å². The van der Waals surface area contributed by atoms with E-state index in [2.05, 4.69) is 20.6 Å². The van der Waals surface area contributed by atoms with E-state index in [-0.39, 0.29) is 24.3 Å². The van der Waals surface area contributed by atoms with Gasteiger partial charge in [-0.3, -0.25) is 4.90 Å². The van der Waals surface area contributed by atoms with Crippen molar-refractivity contribution in [2.45, 2.75) is 31.2 Å². The smallest absolute Gasteiger partial charge is 0.243 e. The third-order valence-electron chi connectivity index (χ3n) is 6.18. The van der Waals surface area contributed by atoms with Crippen LogP contribution < -0.4 is 10.6 Å². The molecule has 39 heavy (non-hydrogen) atoms. The summed E-state index contributed by atoms with van der Waals surface area (Å²) < 4.78 is 75.8. The van der Waals surface area contributed by atoms with Crippen molar-refractivity contribution >= 4 is 48.8 Å². The van der Waals surface area contributed by atoms with Crippen LogP contribution in [-0.2, 0) is 20.3 Å². The molecule has 210 valence electrons. The summed E-state index contributed by atoms with van der Waals surface area (Å²) in [5, 5.41) is 7.06. The second kappa shape index (κ2) is 13.1. The Morgan fingerprint density at radius 3 is 2.33 bits per heavy atom. The number of nitrogens with zero attached hydrogens (tertiary/aromatic N) is 4. The van der Waals surface area contributed by atoms with Gasteiger partial charge >= 0.3 is 0 Å². The molecule has 0 spiro atoms. The molecule has 1 aliphatic heterocycles. The Morgan fingerprint density at radius 1 is 1.03 bits per heavy atom. The van der Waals surface area contributed by atoms with Gasteiger partial charge in [-0.2, -0.15) is 17.7 Å². The Morgan fingerprint density at radius 2 is 1.69 bits per heavy atom. The van der Waals surface area contributed by atoms with Gasteiger partial charge in [-0.05, 0) is 55.3 Å². The lowest BCUT2D eigenvalue weighted by molar-refractivity contribution is 0.188. The van der Waals surface area contributed by atoms with E-state index in [4.69, 9.17) is 0 Å². The molecule has 0 aliphatic carbocycles. The number of hydrogen-bond donors (Lipinski definition) is 2. The van der Waals surface area contributed by atoms with E-state index in [0.29, 0.717) is 49.7 Å². The maximum absolute atomic E-state index is 13.5. The number of anilines is 4. The molecule has 0 bridgehead atoms. The number of aromatic nitrogens is 2. The van der Waals surface area contributed by atoms with Crippen LogP contribution >= 0.6 is 0 Å². The summed E-state index contributed by atoms with van der Waals surface area (Å²) in [6.45, 7) is 1.53. The molecule has 1 fully saturated rings. The molecule has 3 aromatic rings. The molecule has 0 unspecified atom stereocenters. The zero-order chi connectivity index (χ0) is 27.3. The zero-order valence-electron chi connectivity index (χ0n) is 20.4.